The second-order valence-corrected chi connectivity index (χ2v) is 4.46. The Balaban J connectivity index is 2.28. The number of carboxylic acid groups (broad SMARTS) is 1. The van der Waals surface area contributed by atoms with E-state index in [4.69, 9.17) is 9.84 Å². The van der Waals surface area contributed by atoms with Gasteiger partial charge in [0.15, 0.2) is 0 Å². The van der Waals surface area contributed by atoms with Gasteiger partial charge in [0.05, 0.1) is 7.11 Å². The summed E-state index contributed by atoms with van der Waals surface area (Å²) in [6.45, 7) is 0. The lowest BCUT2D eigenvalue weighted by Crippen LogP contribution is -1.94. The topological polar surface area (TPSA) is 62.3 Å². The third-order valence-corrected chi connectivity index (χ3v) is 3.29. The number of carboxylic acids is 1. The van der Waals surface area contributed by atoms with Gasteiger partial charge in [-0.3, -0.25) is 0 Å². The molecule has 4 heteroatoms. The summed E-state index contributed by atoms with van der Waals surface area (Å²) in [4.78, 5) is 14.0. The molecule has 2 N–H and O–H groups in total. The van der Waals surface area contributed by atoms with Crippen LogP contribution in [0.25, 0.3) is 22.0 Å². The van der Waals surface area contributed by atoms with Crippen LogP contribution in [0.15, 0.2) is 48.5 Å². The second kappa shape index (κ2) is 4.74. The smallest absolute Gasteiger partial charge is 0.352 e. The Hall–Kier alpha value is -2.75. The zero-order chi connectivity index (χ0) is 14.1. The van der Waals surface area contributed by atoms with Gasteiger partial charge in [0.1, 0.15) is 11.4 Å². The van der Waals surface area contributed by atoms with Crippen molar-refractivity contribution in [3.63, 3.8) is 0 Å². The summed E-state index contributed by atoms with van der Waals surface area (Å²) in [6, 6.07) is 15.1. The normalized spacial score (nSPS) is 10.7. The van der Waals surface area contributed by atoms with Crippen LogP contribution in [0.3, 0.4) is 0 Å². The highest BCUT2D eigenvalue weighted by Gasteiger charge is 2.13. The third kappa shape index (κ3) is 1.91. The molecule has 0 aliphatic carbocycles. The Bertz CT molecular complexity index is 789. The van der Waals surface area contributed by atoms with Gasteiger partial charge in [-0.05, 0) is 23.8 Å². The zero-order valence-corrected chi connectivity index (χ0v) is 10.9. The van der Waals surface area contributed by atoms with Crippen molar-refractivity contribution in [2.75, 3.05) is 7.11 Å². The van der Waals surface area contributed by atoms with Gasteiger partial charge < -0.3 is 14.8 Å². The maximum atomic E-state index is 11.1. The molecule has 0 spiro atoms. The fraction of sp³-hybridized carbons (Fsp3) is 0.0625. The maximum absolute atomic E-state index is 11.1. The highest BCUT2D eigenvalue weighted by molar-refractivity contribution is 6.01. The van der Waals surface area contributed by atoms with Crippen LogP contribution in [0.2, 0.25) is 0 Å². The average Bonchev–Trinajstić information content (AvgIpc) is 2.91. The van der Waals surface area contributed by atoms with E-state index in [9.17, 15) is 4.79 Å². The van der Waals surface area contributed by atoms with E-state index in [2.05, 4.69) is 4.98 Å². The third-order valence-electron chi connectivity index (χ3n) is 3.29. The lowest BCUT2D eigenvalue weighted by molar-refractivity contribution is 0.0691. The Morgan fingerprint density at radius 3 is 2.60 bits per heavy atom. The standard InChI is InChI=1S/C16H13NO3/c1-20-15-8-3-2-5-11(15)10-6-4-7-13-12(10)9-14(17-13)16(18)19/h2-9,17H,1H3,(H,18,19). The first-order valence-corrected chi connectivity index (χ1v) is 6.19. The minimum atomic E-state index is -0.966. The van der Waals surface area contributed by atoms with E-state index < -0.39 is 5.97 Å². The molecular formula is C16H13NO3. The predicted molar refractivity (Wildman–Crippen MR) is 77.2 cm³/mol. The lowest BCUT2D eigenvalue weighted by atomic mass is 10.0. The number of methoxy groups -OCH3 is 1. The van der Waals surface area contributed by atoms with Crippen molar-refractivity contribution in [3.05, 3.63) is 54.2 Å². The van der Waals surface area contributed by atoms with Gasteiger partial charge in [-0.15, -0.1) is 0 Å². The van der Waals surface area contributed by atoms with E-state index in [1.807, 2.05) is 42.5 Å². The van der Waals surface area contributed by atoms with E-state index in [-0.39, 0.29) is 5.69 Å². The van der Waals surface area contributed by atoms with E-state index in [0.717, 1.165) is 27.8 Å². The maximum Gasteiger partial charge on any atom is 0.352 e. The quantitative estimate of drug-likeness (QED) is 0.763. The van der Waals surface area contributed by atoms with E-state index >= 15 is 0 Å². The van der Waals surface area contributed by atoms with E-state index in [1.54, 1.807) is 13.2 Å². The summed E-state index contributed by atoms with van der Waals surface area (Å²) in [7, 11) is 1.62. The molecule has 4 nitrogen and oxygen atoms in total. The number of benzene rings is 2. The number of H-pyrrole nitrogens is 1. The Kier molecular flexibility index (Phi) is 2.91. The molecule has 0 aliphatic heterocycles. The molecule has 0 amide bonds. The fourth-order valence-electron chi connectivity index (χ4n) is 2.37. The van der Waals surface area contributed by atoms with Crippen LogP contribution >= 0.6 is 0 Å². The molecule has 0 aliphatic rings. The Morgan fingerprint density at radius 1 is 1.10 bits per heavy atom. The van der Waals surface area contributed by atoms with Crippen molar-refractivity contribution >= 4 is 16.9 Å². The minimum absolute atomic E-state index is 0.183. The van der Waals surface area contributed by atoms with Crippen LogP contribution in [0.1, 0.15) is 10.5 Å². The molecule has 0 radical (unpaired) electrons. The first-order chi connectivity index (χ1) is 9.70. The molecule has 0 saturated heterocycles. The molecule has 1 heterocycles. The first kappa shape index (κ1) is 12.3. The summed E-state index contributed by atoms with van der Waals surface area (Å²) in [5.41, 5.74) is 2.87. The molecule has 0 atom stereocenters. The number of hydrogen-bond acceptors (Lipinski definition) is 2. The number of hydrogen-bond donors (Lipinski definition) is 2. The molecule has 3 rings (SSSR count). The molecule has 1 aromatic heterocycles. The Morgan fingerprint density at radius 2 is 1.85 bits per heavy atom. The molecule has 3 aromatic rings. The van der Waals surface area contributed by atoms with Gasteiger partial charge in [-0.25, -0.2) is 4.79 Å². The van der Waals surface area contributed by atoms with Crippen LogP contribution in [0.5, 0.6) is 5.75 Å². The first-order valence-electron chi connectivity index (χ1n) is 6.19. The monoisotopic (exact) mass is 267 g/mol. The number of fused-ring (bicyclic) bond motifs is 1. The molecule has 0 fully saturated rings. The number of aromatic carboxylic acids is 1. The SMILES string of the molecule is COc1ccccc1-c1cccc2[nH]c(C(=O)O)cc12. The number of aromatic nitrogens is 1. The van der Waals surface area contributed by atoms with Crippen molar-refractivity contribution in [3.8, 4) is 16.9 Å². The van der Waals surface area contributed by atoms with Crippen molar-refractivity contribution < 1.29 is 14.6 Å². The number of rotatable bonds is 3. The molecule has 20 heavy (non-hydrogen) atoms. The summed E-state index contributed by atoms with van der Waals surface area (Å²) < 4.78 is 5.38. The Labute approximate surface area is 115 Å². The lowest BCUT2D eigenvalue weighted by Gasteiger charge is -2.09. The molecule has 0 saturated carbocycles. The van der Waals surface area contributed by atoms with Crippen LogP contribution in [0, 0.1) is 0 Å². The molecule has 0 unspecified atom stereocenters. The average molecular weight is 267 g/mol. The fourth-order valence-corrected chi connectivity index (χ4v) is 2.37. The van der Waals surface area contributed by atoms with Crippen molar-refractivity contribution in [1.82, 2.24) is 4.98 Å². The van der Waals surface area contributed by atoms with E-state index in [1.165, 1.54) is 0 Å². The summed E-state index contributed by atoms with van der Waals surface area (Å²) in [6.07, 6.45) is 0. The number of para-hydroxylation sites is 1. The minimum Gasteiger partial charge on any atom is -0.496 e. The molecular weight excluding hydrogens is 254 g/mol. The number of carbonyl (C=O) groups is 1. The van der Waals surface area contributed by atoms with Crippen LogP contribution in [-0.4, -0.2) is 23.2 Å². The zero-order valence-electron chi connectivity index (χ0n) is 10.9. The molecule has 2 aromatic carbocycles. The molecule has 100 valence electrons. The summed E-state index contributed by atoms with van der Waals surface area (Å²) >= 11 is 0. The largest absolute Gasteiger partial charge is 0.496 e. The van der Waals surface area contributed by atoms with E-state index in [0.29, 0.717) is 0 Å². The highest BCUT2D eigenvalue weighted by Crippen LogP contribution is 2.35. The van der Waals surface area contributed by atoms with Crippen LogP contribution < -0.4 is 4.74 Å². The second-order valence-electron chi connectivity index (χ2n) is 4.46. The van der Waals surface area contributed by atoms with Crippen molar-refractivity contribution in [2.45, 2.75) is 0 Å². The van der Waals surface area contributed by atoms with Gasteiger partial charge in [-0.1, -0.05) is 30.3 Å². The van der Waals surface area contributed by atoms with Gasteiger partial charge in [0, 0.05) is 16.5 Å². The van der Waals surface area contributed by atoms with Crippen LogP contribution in [0.4, 0.5) is 0 Å². The van der Waals surface area contributed by atoms with Crippen molar-refractivity contribution in [1.29, 1.82) is 0 Å². The predicted octanol–water partition coefficient (Wildman–Crippen LogP) is 3.54. The van der Waals surface area contributed by atoms with Crippen molar-refractivity contribution in [2.24, 2.45) is 0 Å². The number of ether oxygens (including phenoxy) is 1. The number of aromatic amines is 1. The van der Waals surface area contributed by atoms with Gasteiger partial charge >= 0.3 is 5.97 Å². The highest BCUT2D eigenvalue weighted by atomic mass is 16.5. The molecule has 0 bridgehead atoms. The van der Waals surface area contributed by atoms with Crippen LogP contribution in [-0.2, 0) is 0 Å². The van der Waals surface area contributed by atoms with Gasteiger partial charge in [-0.2, -0.15) is 0 Å². The number of nitrogens with one attached hydrogen (secondary N) is 1. The van der Waals surface area contributed by atoms with Gasteiger partial charge in [0.2, 0.25) is 0 Å². The van der Waals surface area contributed by atoms with Gasteiger partial charge in [0.25, 0.3) is 0 Å². The summed E-state index contributed by atoms with van der Waals surface area (Å²) in [5, 5.41) is 9.96. The summed E-state index contributed by atoms with van der Waals surface area (Å²) in [5.74, 6) is -0.203.